The normalized spacial score (nSPS) is 13.3. The van der Waals surface area contributed by atoms with Crippen LogP contribution in [0.5, 0.6) is 0 Å². The first kappa shape index (κ1) is 28.3. The van der Waals surface area contributed by atoms with Crippen molar-refractivity contribution in [3.63, 3.8) is 0 Å². The van der Waals surface area contributed by atoms with E-state index in [1.807, 2.05) is 18.6 Å². The number of amides is 1. The summed E-state index contributed by atoms with van der Waals surface area (Å²) in [6, 6.07) is 1.40. The van der Waals surface area contributed by atoms with Gasteiger partial charge >= 0.3 is 0 Å². The number of rotatable bonds is 9. The van der Waals surface area contributed by atoms with E-state index in [0.717, 1.165) is 6.20 Å². The maximum Gasteiger partial charge on any atom is 0.259 e. The Morgan fingerprint density at radius 1 is 1.37 bits per heavy atom. The summed E-state index contributed by atoms with van der Waals surface area (Å²) in [5.41, 5.74) is -1.15. The second kappa shape index (κ2) is 11.2. The number of halogens is 1. The van der Waals surface area contributed by atoms with Gasteiger partial charge in [0, 0.05) is 0 Å². The summed E-state index contributed by atoms with van der Waals surface area (Å²) in [4.78, 5) is 20.1. The summed E-state index contributed by atoms with van der Waals surface area (Å²) < 4.78 is 34.0. The molecule has 0 aliphatic heterocycles. The van der Waals surface area contributed by atoms with Crippen molar-refractivity contribution >= 4 is 32.8 Å². The highest BCUT2D eigenvalue weighted by atomic mass is 32.2. The molecule has 0 radical (unpaired) electrons. The molecule has 1 aromatic heterocycles. The fourth-order valence-electron chi connectivity index (χ4n) is 3.41. The van der Waals surface area contributed by atoms with Gasteiger partial charge in [0.25, 0.3) is 5.91 Å². The maximum absolute atomic E-state index is 15.0. The summed E-state index contributed by atoms with van der Waals surface area (Å²) >= 11 is 0.598. The molecule has 1 unspecified atom stereocenters. The number of aliphatic hydroxyl groups is 3. The van der Waals surface area contributed by atoms with E-state index in [2.05, 4.69) is 14.2 Å². The molecule has 13 heteroatoms. The second-order valence-electron chi connectivity index (χ2n) is 8.35. The van der Waals surface area contributed by atoms with Crippen LogP contribution >= 0.6 is 11.3 Å². The van der Waals surface area contributed by atoms with E-state index in [4.69, 9.17) is 11.8 Å². The van der Waals surface area contributed by atoms with E-state index >= 15 is 4.39 Å². The lowest BCUT2D eigenvalue weighted by Gasteiger charge is -2.21. The Bertz CT molecular complexity index is 1310. The van der Waals surface area contributed by atoms with Crippen LogP contribution in [-0.4, -0.2) is 43.6 Å². The van der Waals surface area contributed by atoms with Crippen molar-refractivity contribution in [1.29, 1.82) is 5.26 Å². The van der Waals surface area contributed by atoms with Crippen LogP contribution in [-0.2, 0) is 26.7 Å². The number of hydrogen-bond donors (Lipinski definition) is 4. The number of carbonyl (C=O) groups is 1. The van der Waals surface area contributed by atoms with Gasteiger partial charge in [-0.25, -0.2) is 23.2 Å². The van der Waals surface area contributed by atoms with Crippen LogP contribution in [0.25, 0.3) is 4.85 Å². The molecule has 1 atom stereocenters. The van der Waals surface area contributed by atoms with Gasteiger partial charge in [-0.05, 0) is 29.0 Å². The third-order valence-corrected chi connectivity index (χ3v) is 8.56. The minimum Gasteiger partial charge on any atom is -0.393 e. The monoisotopic (exact) mass is 523 g/mol. The fourth-order valence-corrected chi connectivity index (χ4v) is 5.97. The summed E-state index contributed by atoms with van der Waals surface area (Å²) in [5, 5.41) is 37.9. The number of nitrogens with zero attached hydrogens (tertiary/aromatic N) is 4. The van der Waals surface area contributed by atoms with Gasteiger partial charge in [-0.3, -0.25) is 4.79 Å². The maximum atomic E-state index is 15.0. The number of nitriles is 1. The molecule has 4 N–H and O–H groups in total. The van der Waals surface area contributed by atoms with Crippen molar-refractivity contribution in [2.24, 2.45) is 4.36 Å². The average Bonchev–Trinajstić information content (AvgIpc) is 3.30. The standard InChI is InChI=1S/C22H26FN5O5S2/c1-12(2)14-6-16(25-5)20(23)19(13(3)4)15(14)7-17(31)28-35(33,27-11-24)18-8-26-21(34-18)22(32,9-29)10-30/h6,8,12-13,29-30,32H,7,9-10H2,1-4H3,(H,27,28,31,33). The molecule has 0 saturated heterocycles. The zero-order valence-electron chi connectivity index (χ0n) is 19.6. The number of nitrogens with one attached hydrogen (secondary N) is 1. The molecule has 1 aromatic carbocycles. The van der Waals surface area contributed by atoms with Crippen molar-refractivity contribution < 1.29 is 28.7 Å². The number of aliphatic hydroxyl groups excluding tert-OH is 2. The molecule has 0 bridgehead atoms. The third kappa shape index (κ3) is 5.83. The molecule has 0 aliphatic rings. The molecule has 1 heterocycles. The smallest absolute Gasteiger partial charge is 0.259 e. The van der Waals surface area contributed by atoms with Gasteiger partial charge in [0.15, 0.2) is 21.7 Å². The Labute approximate surface area is 207 Å². The summed E-state index contributed by atoms with van der Waals surface area (Å²) in [6.45, 7) is 12.6. The number of benzene rings is 1. The van der Waals surface area contributed by atoms with E-state index in [1.165, 1.54) is 12.3 Å². The Morgan fingerprint density at radius 3 is 2.49 bits per heavy atom. The first-order valence-corrected chi connectivity index (χ1v) is 12.8. The van der Waals surface area contributed by atoms with Crippen LogP contribution in [0, 0.1) is 23.8 Å². The first-order chi connectivity index (χ1) is 16.4. The van der Waals surface area contributed by atoms with Crippen LogP contribution in [0.15, 0.2) is 20.8 Å². The highest BCUT2D eigenvalue weighted by Crippen LogP contribution is 2.36. The number of aromatic nitrogens is 1. The fraction of sp³-hybridized carbons (Fsp3) is 0.455. The van der Waals surface area contributed by atoms with E-state index in [1.54, 1.807) is 13.8 Å². The molecule has 188 valence electrons. The zero-order valence-corrected chi connectivity index (χ0v) is 21.2. The third-order valence-electron chi connectivity index (χ3n) is 5.17. The molecule has 10 nitrogen and oxygen atoms in total. The van der Waals surface area contributed by atoms with Crippen LogP contribution in [0.4, 0.5) is 10.1 Å². The molecular formula is C22H26FN5O5S2. The molecule has 2 rings (SSSR count). The van der Waals surface area contributed by atoms with E-state index in [-0.39, 0.29) is 32.3 Å². The molecule has 2 aromatic rings. The molecule has 0 fully saturated rings. The Balaban J connectivity index is 2.63. The highest BCUT2D eigenvalue weighted by Gasteiger charge is 2.33. The topological polar surface area (TPSA) is 160 Å². The van der Waals surface area contributed by atoms with Gasteiger partial charge in [0.1, 0.15) is 15.0 Å². The molecule has 0 saturated carbocycles. The quantitative estimate of drug-likeness (QED) is 0.223. The minimum atomic E-state index is -3.88. The van der Waals surface area contributed by atoms with Gasteiger partial charge in [-0.15, -0.1) is 15.7 Å². The number of thiazole rings is 1. The minimum absolute atomic E-state index is 0.155. The molecule has 0 aliphatic carbocycles. The average molecular weight is 524 g/mol. The zero-order chi connectivity index (χ0) is 26.6. The lowest BCUT2D eigenvalue weighted by atomic mass is 9.86. The SMILES string of the molecule is [C-]#[N+]c1cc(C(C)C)c(CC(=O)N=S(=O)(NC#N)c2cnc(C(O)(CO)CO)s2)c(C(C)C)c1F. The van der Waals surface area contributed by atoms with Crippen molar-refractivity contribution in [1.82, 2.24) is 9.71 Å². The Hall–Kier alpha value is -2.94. The van der Waals surface area contributed by atoms with Gasteiger partial charge in [0.05, 0.1) is 32.4 Å². The van der Waals surface area contributed by atoms with Gasteiger partial charge in [-0.2, -0.15) is 5.26 Å². The van der Waals surface area contributed by atoms with Gasteiger partial charge in [-0.1, -0.05) is 33.3 Å². The summed E-state index contributed by atoms with van der Waals surface area (Å²) in [5.74, 6) is -2.16. The van der Waals surface area contributed by atoms with E-state index in [9.17, 15) is 24.3 Å². The highest BCUT2D eigenvalue weighted by molar-refractivity contribution is 7.94. The molecule has 1 amide bonds. The first-order valence-electron chi connectivity index (χ1n) is 10.5. The van der Waals surface area contributed by atoms with Crippen LogP contribution in [0.3, 0.4) is 0 Å². The lowest BCUT2D eigenvalue weighted by Crippen LogP contribution is -2.34. The Kier molecular flexibility index (Phi) is 9.06. The molecular weight excluding hydrogens is 497 g/mol. The Morgan fingerprint density at radius 2 is 2.00 bits per heavy atom. The van der Waals surface area contributed by atoms with Crippen molar-refractivity contribution in [3.8, 4) is 6.19 Å². The predicted molar refractivity (Wildman–Crippen MR) is 127 cm³/mol. The van der Waals surface area contributed by atoms with Crippen molar-refractivity contribution in [2.75, 3.05) is 13.2 Å². The van der Waals surface area contributed by atoms with Crippen molar-refractivity contribution in [2.45, 2.75) is 55.8 Å². The molecule has 35 heavy (non-hydrogen) atoms. The number of hydrogen-bond acceptors (Lipinski definition) is 8. The van der Waals surface area contributed by atoms with Crippen LogP contribution in [0.2, 0.25) is 0 Å². The molecule has 0 spiro atoms. The van der Waals surface area contributed by atoms with E-state index in [0.29, 0.717) is 22.5 Å². The second-order valence-corrected chi connectivity index (χ2v) is 11.5. The van der Waals surface area contributed by atoms with Gasteiger partial charge < -0.3 is 15.3 Å². The van der Waals surface area contributed by atoms with Crippen LogP contribution in [0.1, 0.15) is 61.2 Å². The van der Waals surface area contributed by atoms with E-state index < -0.39 is 46.9 Å². The predicted octanol–water partition coefficient (Wildman–Crippen LogP) is 2.83. The summed E-state index contributed by atoms with van der Waals surface area (Å²) in [6.07, 6.45) is 2.08. The van der Waals surface area contributed by atoms with Crippen LogP contribution < -0.4 is 4.72 Å². The lowest BCUT2D eigenvalue weighted by molar-refractivity contribution is -0.117. The number of carbonyl (C=O) groups excluding carboxylic acids is 1. The largest absolute Gasteiger partial charge is 0.393 e. The van der Waals surface area contributed by atoms with Crippen molar-refractivity contribution in [3.05, 3.63) is 51.2 Å². The summed E-state index contributed by atoms with van der Waals surface area (Å²) in [7, 11) is -3.88. The van der Waals surface area contributed by atoms with Gasteiger partial charge in [0.2, 0.25) is 5.69 Å².